The van der Waals surface area contributed by atoms with Crippen molar-refractivity contribution in [2.24, 2.45) is 0 Å². The summed E-state index contributed by atoms with van der Waals surface area (Å²) in [4.78, 5) is 33.8. The highest BCUT2D eigenvalue weighted by Gasteiger charge is 2.10. The number of hydrogen-bond acceptors (Lipinski definition) is 5. The van der Waals surface area contributed by atoms with Crippen LogP contribution in [0.5, 0.6) is 0 Å². The largest absolute Gasteiger partial charge is 0.376 e. The molecule has 25 heavy (non-hydrogen) atoms. The Balaban J connectivity index is 1.86. The van der Waals surface area contributed by atoms with E-state index in [0.29, 0.717) is 11.4 Å². The molecule has 0 fully saturated rings. The van der Waals surface area contributed by atoms with Gasteiger partial charge in [-0.15, -0.1) is 0 Å². The van der Waals surface area contributed by atoms with Crippen LogP contribution in [0.3, 0.4) is 0 Å². The minimum Gasteiger partial charge on any atom is -0.376 e. The van der Waals surface area contributed by atoms with Gasteiger partial charge in [0.1, 0.15) is 0 Å². The molecule has 2 aromatic rings. The minimum absolute atomic E-state index is 0.0852. The summed E-state index contributed by atoms with van der Waals surface area (Å²) in [5.74, 6) is -0.561. The number of anilines is 2. The lowest BCUT2D eigenvalue weighted by Gasteiger charge is -2.10. The average molecular weight is 342 g/mol. The summed E-state index contributed by atoms with van der Waals surface area (Å²) in [5.41, 5.74) is 2.90. The summed E-state index contributed by atoms with van der Waals surface area (Å²) in [7, 11) is 0. The number of amides is 3. The van der Waals surface area contributed by atoms with Gasteiger partial charge in [-0.1, -0.05) is 23.8 Å². The molecule has 0 aromatic heterocycles. The molecule has 0 atom stereocenters. The topological polar surface area (TPSA) is 113 Å². The fraction of sp³-hybridized carbons (Fsp3) is 0.176. The number of nitro benzene ring substituents is 1. The third-order valence-electron chi connectivity index (χ3n) is 3.39. The van der Waals surface area contributed by atoms with E-state index in [1.54, 1.807) is 12.1 Å². The summed E-state index contributed by atoms with van der Waals surface area (Å²) in [6, 6.07) is 10.6. The van der Waals surface area contributed by atoms with E-state index in [2.05, 4.69) is 16.0 Å². The van der Waals surface area contributed by atoms with Crippen molar-refractivity contribution in [1.29, 1.82) is 0 Å². The first-order valence-electron chi connectivity index (χ1n) is 7.51. The maximum absolute atomic E-state index is 11.9. The van der Waals surface area contributed by atoms with E-state index in [1.807, 2.05) is 26.0 Å². The van der Waals surface area contributed by atoms with Crippen LogP contribution in [0.1, 0.15) is 11.1 Å². The Kier molecular flexibility index (Phi) is 5.67. The number of nitrogens with zero attached hydrogens (tertiary/aromatic N) is 1. The molecule has 3 amide bonds. The zero-order chi connectivity index (χ0) is 18.4. The summed E-state index contributed by atoms with van der Waals surface area (Å²) in [6.45, 7) is 3.61. The fourth-order valence-corrected chi connectivity index (χ4v) is 2.19. The van der Waals surface area contributed by atoms with Gasteiger partial charge in [0.05, 0.1) is 11.5 Å². The molecular weight excluding hydrogens is 324 g/mol. The summed E-state index contributed by atoms with van der Waals surface area (Å²) in [6.07, 6.45) is 0. The first-order valence-corrected chi connectivity index (χ1v) is 7.51. The van der Waals surface area contributed by atoms with Crippen molar-refractivity contribution >= 4 is 29.0 Å². The van der Waals surface area contributed by atoms with Gasteiger partial charge in [0.2, 0.25) is 5.91 Å². The molecule has 0 radical (unpaired) electrons. The predicted octanol–water partition coefficient (Wildman–Crippen LogP) is 2.97. The van der Waals surface area contributed by atoms with E-state index in [-0.39, 0.29) is 12.2 Å². The van der Waals surface area contributed by atoms with E-state index in [1.165, 1.54) is 18.2 Å². The van der Waals surface area contributed by atoms with Gasteiger partial charge in [0.15, 0.2) is 0 Å². The number of hydrogen-bond donors (Lipinski definition) is 3. The van der Waals surface area contributed by atoms with Crippen molar-refractivity contribution in [1.82, 2.24) is 5.32 Å². The number of imide groups is 1. The molecule has 130 valence electrons. The Hall–Kier alpha value is -3.42. The predicted molar refractivity (Wildman–Crippen MR) is 94.7 cm³/mol. The highest BCUT2D eigenvalue weighted by molar-refractivity contribution is 6.02. The Labute approximate surface area is 144 Å². The van der Waals surface area contributed by atoms with Gasteiger partial charge in [-0.3, -0.25) is 20.2 Å². The molecular formula is C17H18N4O4. The number of carbonyl (C=O) groups is 2. The van der Waals surface area contributed by atoms with Crippen LogP contribution < -0.4 is 16.0 Å². The third-order valence-corrected chi connectivity index (χ3v) is 3.39. The van der Waals surface area contributed by atoms with Crippen LogP contribution in [-0.2, 0) is 4.79 Å². The normalized spacial score (nSPS) is 10.0. The summed E-state index contributed by atoms with van der Waals surface area (Å²) >= 11 is 0. The number of nitro groups is 1. The smallest absolute Gasteiger partial charge is 0.325 e. The Bertz CT molecular complexity index is 820. The average Bonchev–Trinajstić information content (AvgIpc) is 2.56. The van der Waals surface area contributed by atoms with E-state index in [4.69, 9.17) is 0 Å². The Morgan fingerprint density at radius 1 is 1.12 bits per heavy atom. The highest BCUT2D eigenvalue weighted by atomic mass is 16.6. The van der Waals surface area contributed by atoms with E-state index < -0.39 is 16.9 Å². The van der Waals surface area contributed by atoms with Crippen molar-refractivity contribution in [2.75, 3.05) is 17.2 Å². The van der Waals surface area contributed by atoms with Gasteiger partial charge in [-0.2, -0.15) is 0 Å². The highest BCUT2D eigenvalue weighted by Crippen LogP contribution is 2.17. The van der Waals surface area contributed by atoms with Gasteiger partial charge < -0.3 is 10.6 Å². The quantitative estimate of drug-likeness (QED) is 0.571. The van der Waals surface area contributed by atoms with Crippen LogP contribution in [0.15, 0.2) is 42.5 Å². The maximum atomic E-state index is 11.9. The van der Waals surface area contributed by atoms with Crippen molar-refractivity contribution in [3.05, 3.63) is 63.7 Å². The van der Waals surface area contributed by atoms with E-state index in [9.17, 15) is 19.7 Å². The van der Waals surface area contributed by atoms with Crippen molar-refractivity contribution in [2.45, 2.75) is 13.8 Å². The second-order valence-electron chi connectivity index (χ2n) is 5.48. The number of urea groups is 1. The first kappa shape index (κ1) is 17.9. The second-order valence-corrected chi connectivity index (χ2v) is 5.48. The van der Waals surface area contributed by atoms with Crippen LogP contribution in [-0.4, -0.2) is 23.4 Å². The Morgan fingerprint density at radius 2 is 1.88 bits per heavy atom. The lowest BCUT2D eigenvalue weighted by molar-refractivity contribution is -0.384. The molecule has 0 aliphatic rings. The van der Waals surface area contributed by atoms with Gasteiger partial charge in [0, 0.05) is 23.5 Å². The number of aryl methyl sites for hydroxylation is 2. The van der Waals surface area contributed by atoms with Gasteiger partial charge >= 0.3 is 6.03 Å². The summed E-state index contributed by atoms with van der Waals surface area (Å²) < 4.78 is 0. The minimum atomic E-state index is -0.641. The fourth-order valence-electron chi connectivity index (χ4n) is 2.19. The number of non-ortho nitro benzene ring substituents is 1. The Morgan fingerprint density at radius 3 is 2.56 bits per heavy atom. The van der Waals surface area contributed by atoms with Crippen LogP contribution in [0.2, 0.25) is 0 Å². The standard InChI is InChI=1S/C17H18N4O4/c1-11-6-7-15(12(2)8-11)19-17(23)20-16(22)10-18-13-4-3-5-14(9-13)21(24)25/h3-9,18H,10H2,1-2H3,(H2,19,20,22,23). The number of carbonyl (C=O) groups excluding carboxylic acids is 2. The van der Waals surface area contributed by atoms with E-state index >= 15 is 0 Å². The maximum Gasteiger partial charge on any atom is 0.325 e. The molecule has 0 heterocycles. The van der Waals surface area contributed by atoms with Crippen LogP contribution in [0, 0.1) is 24.0 Å². The van der Waals surface area contributed by atoms with Gasteiger partial charge in [-0.05, 0) is 31.5 Å². The molecule has 8 nitrogen and oxygen atoms in total. The van der Waals surface area contributed by atoms with Gasteiger partial charge in [-0.25, -0.2) is 4.79 Å². The molecule has 0 saturated carbocycles. The molecule has 2 rings (SSSR count). The number of nitrogens with one attached hydrogen (secondary N) is 3. The molecule has 0 unspecified atom stereocenters. The molecule has 3 N–H and O–H groups in total. The lowest BCUT2D eigenvalue weighted by atomic mass is 10.1. The lowest BCUT2D eigenvalue weighted by Crippen LogP contribution is -2.38. The van der Waals surface area contributed by atoms with Crippen LogP contribution in [0.25, 0.3) is 0 Å². The van der Waals surface area contributed by atoms with Crippen molar-refractivity contribution in [3.63, 3.8) is 0 Å². The number of benzene rings is 2. The van der Waals surface area contributed by atoms with Crippen molar-refractivity contribution in [3.8, 4) is 0 Å². The molecule has 0 aliphatic heterocycles. The third kappa shape index (κ3) is 5.31. The monoisotopic (exact) mass is 342 g/mol. The van der Waals surface area contributed by atoms with Crippen LogP contribution in [0.4, 0.5) is 21.9 Å². The molecule has 0 bridgehead atoms. The van der Waals surface area contributed by atoms with Crippen molar-refractivity contribution < 1.29 is 14.5 Å². The zero-order valence-electron chi connectivity index (χ0n) is 13.8. The molecule has 0 spiro atoms. The van der Waals surface area contributed by atoms with E-state index in [0.717, 1.165) is 11.1 Å². The first-order chi connectivity index (χ1) is 11.8. The molecule has 0 saturated heterocycles. The molecule has 2 aromatic carbocycles. The zero-order valence-corrected chi connectivity index (χ0v) is 13.8. The second kappa shape index (κ2) is 7.91. The van der Waals surface area contributed by atoms with Crippen LogP contribution >= 0.6 is 0 Å². The SMILES string of the molecule is Cc1ccc(NC(=O)NC(=O)CNc2cccc([N+](=O)[O-])c2)c(C)c1. The van der Waals surface area contributed by atoms with Gasteiger partial charge in [0.25, 0.3) is 5.69 Å². The molecule has 0 aliphatic carbocycles. The summed E-state index contributed by atoms with van der Waals surface area (Å²) in [5, 5.41) is 18.2. The molecule has 8 heteroatoms. The number of rotatable bonds is 5.